The van der Waals surface area contributed by atoms with Crippen LogP contribution in [0.2, 0.25) is 0 Å². The summed E-state index contributed by atoms with van der Waals surface area (Å²) in [5.74, 6) is -3.18. The number of carbonyl (C=O) groups is 4. The fraction of sp³-hybridized carbons (Fsp3) is 0.286. The number of nitrogens with one attached hydrogen (secondary N) is 1. The van der Waals surface area contributed by atoms with Gasteiger partial charge in [-0.2, -0.15) is 0 Å². The molecule has 0 aromatic rings. The molecule has 0 aromatic carbocycles. The maximum absolute atomic E-state index is 13.3. The summed E-state index contributed by atoms with van der Waals surface area (Å²) in [5, 5.41) is 2.36. The first-order valence-electron chi connectivity index (χ1n) is 6.14. The van der Waals surface area contributed by atoms with Crippen LogP contribution in [0.25, 0.3) is 0 Å². The Kier molecular flexibility index (Phi) is 5.29. The van der Waals surface area contributed by atoms with Crippen molar-refractivity contribution in [3.8, 4) is 0 Å². The van der Waals surface area contributed by atoms with Crippen molar-refractivity contribution in [1.29, 1.82) is 0 Å². The number of carbonyl (C=O) groups excluding carboxylic acids is 4. The lowest BCUT2D eigenvalue weighted by atomic mass is 10.1. The predicted molar refractivity (Wildman–Crippen MR) is 72.5 cm³/mol. The summed E-state index contributed by atoms with van der Waals surface area (Å²) >= 11 is 0. The minimum absolute atomic E-state index is 0.0445. The van der Waals surface area contributed by atoms with Crippen LogP contribution in [0.1, 0.15) is 12.8 Å². The molecule has 1 N–H and O–H groups in total. The number of halogens is 1. The number of rotatable bonds is 7. The fourth-order valence-electron chi connectivity index (χ4n) is 1.98. The lowest BCUT2D eigenvalue weighted by Gasteiger charge is -2.21. The van der Waals surface area contributed by atoms with Gasteiger partial charge in [-0.25, -0.2) is 4.39 Å². The van der Waals surface area contributed by atoms with E-state index in [2.05, 4.69) is 18.5 Å². The van der Waals surface area contributed by atoms with Gasteiger partial charge in [0.1, 0.15) is 12.1 Å². The molecule has 1 unspecified atom stereocenters. The van der Waals surface area contributed by atoms with E-state index in [0.717, 1.165) is 6.08 Å². The minimum Gasteiger partial charge on any atom is -0.359 e. The maximum Gasteiger partial charge on any atom is 0.265 e. The monoisotopic (exact) mass is 294 g/mol. The van der Waals surface area contributed by atoms with Gasteiger partial charge in [-0.1, -0.05) is 19.2 Å². The van der Waals surface area contributed by atoms with E-state index in [-0.39, 0.29) is 24.3 Å². The Morgan fingerprint density at radius 3 is 2.43 bits per heavy atom. The zero-order valence-electron chi connectivity index (χ0n) is 11.5. The van der Waals surface area contributed by atoms with Crippen LogP contribution >= 0.6 is 0 Å². The molecule has 0 aliphatic carbocycles. The molecular weight excluding hydrogens is 279 g/mol. The van der Waals surface area contributed by atoms with Crippen molar-refractivity contribution in [2.75, 3.05) is 7.05 Å². The second-order valence-corrected chi connectivity index (χ2v) is 4.29. The number of imide groups is 1. The lowest BCUT2D eigenvalue weighted by Crippen LogP contribution is -2.42. The number of nitrogens with zero attached hydrogens (tertiary/aromatic N) is 1. The first kappa shape index (κ1) is 16.5. The van der Waals surface area contributed by atoms with E-state index in [0.29, 0.717) is 11.2 Å². The summed E-state index contributed by atoms with van der Waals surface area (Å²) in [6.07, 6.45) is 1.33. The van der Waals surface area contributed by atoms with Crippen molar-refractivity contribution in [1.82, 2.24) is 10.2 Å². The van der Waals surface area contributed by atoms with Gasteiger partial charge in [0.05, 0.1) is 17.2 Å². The molecule has 21 heavy (non-hydrogen) atoms. The van der Waals surface area contributed by atoms with Gasteiger partial charge in [0.2, 0.25) is 5.91 Å². The highest BCUT2D eigenvalue weighted by molar-refractivity contribution is 6.23. The molecule has 6 nitrogen and oxygen atoms in total. The second-order valence-electron chi connectivity index (χ2n) is 4.29. The topological polar surface area (TPSA) is 83.6 Å². The highest BCUT2D eigenvalue weighted by atomic mass is 19.1. The number of aldehydes is 1. The zero-order valence-corrected chi connectivity index (χ0v) is 11.5. The molecule has 1 aliphatic rings. The van der Waals surface area contributed by atoms with E-state index in [1.54, 1.807) is 0 Å². The molecule has 0 spiro atoms. The van der Waals surface area contributed by atoms with Crippen molar-refractivity contribution < 1.29 is 23.6 Å². The Bertz CT molecular complexity index is 565. The molecule has 0 bridgehead atoms. The van der Waals surface area contributed by atoms with Crippen molar-refractivity contribution in [3.05, 3.63) is 36.2 Å². The van der Waals surface area contributed by atoms with Gasteiger partial charge in [-0.3, -0.25) is 19.3 Å². The van der Waals surface area contributed by atoms with Crippen molar-refractivity contribution in [3.63, 3.8) is 0 Å². The van der Waals surface area contributed by atoms with Gasteiger partial charge < -0.3 is 10.1 Å². The standard InChI is InChI=1S/C14H15FN2O4/c1-4-10-12(8(2)15)14(21)17(13(10)20)9(7-18)5-6-11(19)16-3/h4,7,9H,1-2,5-6H2,3H3,(H,16,19). The largest absolute Gasteiger partial charge is 0.359 e. The quantitative estimate of drug-likeness (QED) is 0.544. The molecule has 0 saturated carbocycles. The van der Waals surface area contributed by atoms with E-state index >= 15 is 0 Å². The summed E-state index contributed by atoms with van der Waals surface area (Å²) in [6.45, 7) is 6.35. The molecular formula is C14H15FN2O4. The third-order valence-electron chi connectivity index (χ3n) is 3.06. The molecule has 0 radical (unpaired) electrons. The molecule has 1 rings (SSSR count). The van der Waals surface area contributed by atoms with Crippen LogP contribution in [0.4, 0.5) is 4.39 Å². The van der Waals surface area contributed by atoms with Gasteiger partial charge >= 0.3 is 0 Å². The van der Waals surface area contributed by atoms with Gasteiger partial charge in [-0.05, 0) is 6.42 Å². The summed E-state index contributed by atoms with van der Waals surface area (Å²) < 4.78 is 13.3. The molecule has 7 heteroatoms. The van der Waals surface area contributed by atoms with E-state index in [1.807, 2.05) is 0 Å². The molecule has 1 atom stereocenters. The lowest BCUT2D eigenvalue weighted by molar-refractivity contribution is -0.143. The zero-order chi connectivity index (χ0) is 16.2. The van der Waals surface area contributed by atoms with Crippen LogP contribution in [0, 0.1) is 0 Å². The Hall–Kier alpha value is -2.57. The molecule has 0 aromatic heterocycles. The predicted octanol–water partition coefficient (Wildman–Crippen LogP) is 0.415. The highest BCUT2D eigenvalue weighted by Crippen LogP contribution is 2.29. The summed E-state index contributed by atoms with van der Waals surface area (Å²) in [4.78, 5) is 47.1. The van der Waals surface area contributed by atoms with E-state index in [4.69, 9.17) is 0 Å². The third kappa shape index (κ3) is 3.13. The van der Waals surface area contributed by atoms with Crippen molar-refractivity contribution in [2.24, 2.45) is 0 Å². The minimum atomic E-state index is -1.14. The van der Waals surface area contributed by atoms with Crippen LogP contribution in [-0.2, 0) is 19.2 Å². The molecule has 0 fully saturated rings. The van der Waals surface area contributed by atoms with E-state index in [9.17, 15) is 23.6 Å². The van der Waals surface area contributed by atoms with Gasteiger partial charge in [-0.15, -0.1) is 0 Å². The number of hydrogen-bond donors (Lipinski definition) is 1. The summed E-state index contributed by atoms with van der Waals surface area (Å²) in [5.41, 5.74) is -0.735. The average molecular weight is 294 g/mol. The smallest absolute Gasteiger partial charge is 0.265 e. The van der Waals surface area contributed by atoms with E-state index in [1.165, 1.54) is 7.05 Å². The normalized spacial score (nSPS) is 16.0. The Labute approximate surface area is 121 Å². The summed E-state index contributed by atoms with van der Waals surface area (Å²) in [6, 6.07) is -1.14. The Morgan fingerprint density at radius 2 is 2.05 bits per heavy atom. The fourth-order valence-corrected chi connectivity index (χ4v) is 1.98. The van der Waals surface area contributed by atoms with Gasteiger partial charge in [0, 0.05) is 13.5 Å². The SMILES string of the molecule is C=CC1=C(C(=C)F)C(=O)N(C(C=O)CCC(=O)NC)C1=O. The second kappa shape index (κ2) is 6.74. The highest BCUT2D eigenvalue weighted by Gasteiger charge is 2.42. The van der Waals surface area contributed by atoms with E-state index < -0.39 is 29.3 Å². The molecule has 1 aliphatic heterocycles. The average Bonchev–Trinajstić information content (AvgIpc) is 2.71. The number of amides is 3. The maximum atomic E-state index is 13.3. The first-order chi connectivity index (χ1) is 9.88. The molecule has 1 heterocycles. The van der Waals surface area contributed by atoms with Crippen LogP contribution in [0.15, 0.2) is 36.2 Å². The van der Waals surface area contributed by atoms with Crippen LogP contribution < -0.4 is 5.32 Å². The van der Waals surface area contributed by atoms with Crippen LogP contribution in [0.5, 0.6) is 0 Å². The van der Waals surface area contributed by atoms with Crippen LogP contribution in [0.3, 0.4) is 0 Å². The van der Waals surface area contributed by atoms with Gasteiger partial charge in [0.15, 0.2) is 0 Å². The van der Waals surface area contributed by atoms with Crippen LogP contribution in [-0.4, -0.2) is 42.0 Å². The Morgan fingerprint density at radius 1 is 1.43 bits per heavy atom. The number of hydrogen-bond acceptors (Lipinski definition) is 4. The molecule has 3 amide bonds. The first-order valence-corrected chi connectivity index (χ1v) is 6.14. The van der Waals surface area contributed by atoms with Gasteiger partial charge in [0.25, 0.3) is 11.8 Å². The van der Waals surface area contributed by atoms with Crippen molar-refractivity contribution >= 4 is 24.0 Å². The molecule has 112 valence electrons. The molecule has 0 saturated heterocycles. The Balaban J connectivity index is 3.04. The van der Waals surface area contributed by atoms with Crippen molar-refractivity contribution in [2.45, 2.75) is 18.9 Å². The summed E-state index contributed by atoms with van der Waals surface area (Å²) in [7, 11) is 1.42. The third-order valence-corrected chi connectivity index (χ3v) is 3.06.